The Morgan fingerprint density at radius 3 is 2.71 bits per heavy atom. The van der Waals surface area contributed by atoms with Gasteiger partial charge >= 0.3 is 6.18 Å². The minimum absolute atomic E-state index is 0.00485. The van der Waals surface area contributed by atoms with Crippen molar-refractivity contribution < 1.29 is 23.1 Å². The number of hydrogen-bond donors (Lipinski definition) is 1. The summed E-state index contributed by atoms with van der Waals surface area (Å²) in [5.74, 6) is 4.20. The zero-order valence-corrected chi connectivity index (χ0v) is 11.4. The first-order chi connectivity index (χ1) is 9.87. The number of pyridine rings is 1. The number of rotatable bonds is 4. The first-order valence-corrected chi connectivity index (χ1v) is 6.28. The molecule has 1 aromatic rings. The van der Waals surface area contributed by atoms with Crippen molar-refractivity contribution in [3.05, 3.63) is 29.6 Å². The molecule has 21 heavy (non-hydrogen) atoms. The molecule has 0 saturated heterocycles. The molecule has 0 aliphatic rings. The predicted molar refractivity (Wildman–Crippen MR) is 70.5 cm³/mol. The Morgan fingerprint density at radius 1 is 1.43 bits per heavy atom. The van der Waals surface area contributed by atoms with E-state index in [4.69, 9.17) is 5.11 Å². The molecule has 1 aromatic heterocycles. The van der Waals surface area contributed by atoms with Gasteiger partial charge < -0.3 is 10.0 Å². The third-order valence-electron chi connectivity index (χ3n) is 2.45. The standard InChI is InChI=1S/C14H15F3N2O2/c1-2-5-19(10-14(15,16)17)13(21)12-7-11(4-3-6-20)8-18-9-12/h7-9,20H,2,5-6,10H2,1H3. The SMILES string of the molecule is CCCN(CC(F)(F)F)C(=O)c1cncc(C#CCO)c1. The molecule has 0 bridgehead atoms. The number of aliphatic hydroxyl groups is 1. The first-order valence-electron chi connectivity index (χ1n) is 6.28. The van der Waals surface area contributed by atoms with E-state index in [1.807, 2.05) is 0 Å². The van der Waals surface area contributed by atoms with E-state index < -0.39 is 18.6 Å². The second-order valence-electron chi connectivity index (χ2n) is 4.26. The van der Waals surface area contributed by atoms with Crippen LogP contribution in [0, 0.1) is 11.8 Å². The molecule has 0 atom stereocenters. The summed E-state index contributed by atoms with van der Waals surface area (Å²) < 4.78 is 37.5. The van der Waals surface area contributed by atoms with Crippen molar-refractivity contribution in [2.75, 3.05) is 19.7 Å². The number of nitrogens with zero attached hydrogens (tertiary/aromatic N) is 2. The van der Waals surface area contributed by atoms with Gasteiger partial charge in [-0.3, -0.25) is 9.78 Å². The summed E-state index contributed by atoms with van der Waals surface area (Å²) in [7, 11) is 0. The zero-order valence-electron chi connectivity index (χ0n) is 11.4. The highest BCUT2D eigenvalue weighted by molar-refractivity contribution is 5.94. The van der Waals surface area contributed by atoms with Gasteiger partial charge in [0.15, 0.2) is 0 Å². The number of carbonyl (C=O) groups is 1. The van der Waals surface area contributed by atoms with E-state index >= 15 is 0 Å². The molecule has 114 valence electrons. The topological polar surface area (TPSA) is 53.4 Å². The number of alkyl halides is 3. The molecule has 0 spiro atoms. The normalized spacial score (nSPS) is 10.7. The van der Waals surface area contributed by atoms with Crippen molar-refractivity contribution in [1.29, 1.82) is 0 Å². The zero-order chi connectivity index (χ0) is 15.9. The number of hydrogen-bond acceptors (Lipinski definition) is 3. The molecule has 0 aliphatic heterocycles. The van der Waals surface area contributed by atoms with Gasteiger partial charge in [-0.25, -0.2) is 0 Å². The Bertz CT molecular complexity index is 547. The second-order valence-corrected chi connectivity index (χ2v) is 4.26. The third kappa shape index (κ3) is 5.83. The summed E-state index contributed by atoms with van der Waals surface area (Å²) in [5, 5.41) is 8.60. The Hall–Kier alpha value is -2.07. The molecule has 1 amide bonds. The maximum atomic E-state index is 12.5. The number of aliphatic hydroxyl groups excluding tert-OH is 1. The Morgan fingerprint density at radius 2 is 2.14 bits per heavy atom. The van der Waals surface area contributed by atoms with Gasteiger partial charge in [0.2, 0.25) is 0 Å². The van der Waals surface area contributed by atoms with Crippen molar-refractivity contribution in [3.8, 4) is 11.8 Å². The van der Waals surface area contributed by atoms with Gasteiger partial charge in [-0.1, -0.05) is 18.8 Å². The molecule has 7 heteroatoms. The van der Waals surface area contributed by atoms with E-state index in [-0.39, 0.29) is 18.7 Å². The number of carbonyl (C=O) groups excluding carboxylic acids is 1. The van der Waals surface area contributed by atoms with Crippen LogP contribution in [0.25, 0.3) is 0 Å². The van der Waals surface area contributed by atoms with Crippen LogP contribution in [0.5, 0.6) is 0 Å². The van der Waals surface area contributed by atoms with Crippen LogP contribution in [0.15, 0.2) is 18.5 Å². The summed E-state index contributed by atoms with van der Waals surface area (Å²) in [6.07, 6.45) is -1.47. The van der Waals surface area contributed by atoms with Crippen molar-refractivity contribution in [2.45, 2.75) is 19.5 Å². The van der Waals surface area contributed by atoms with Gasteiger partial charge in [0.25, 0.3) is 5.91 Å². The second kappa shape index (κ2) is 7.64. The predicted octanol–water partition coefficient (Wildman–Crippen LogP) is 1.84. The highest BCUT2D eigenvalue weighted by Crippen LogP contribution is 2.18. The monoisotopic (exact) mass is 300 g/mol. The van der Waals surface area contributed by atoms with E-state index in [2.05, 4.69) is 16.8 Å². The molecule has 0 saturated carbocycles. The highest BCUT2D eigenvalue weighted by atomic mass is 19.4. The van der Waals surface area contributed by atoms with E-state index in [0.717, 1.165) is 4.90 Å². The molecule has 0 aliphatic carbocycles. The first kappa shape index (κ1) is 17.0. The molecule has 0 radical (unpaired) electrons. The largest absolute Gasteiger partial charge is 0.406 e. The molecule has 0 fully saturated rings. The lowest BCUT2D eigenvalue weighted by molar-refractivity contribution is -0.140. The average Bonchev–Trinajstić information content (AvgIpc) is 2.43. The van der Waals surface area contributed by atoms with Crippen LogP contribution in [0.3, 0.4) is 0 Å². The fraction of sp³-hybridized carbons (Fsp3) is 0.429. The van der Waals surface area contributed by atoms with Crippen LogP contribution in [0.2, 0.25) is 0 Å². The fourth-order valence-electron chi connectivity index (χ4n) is 1.69. The smallest absolute Gasteiger partial charge is 0.384 e. The molecular formula is C14H15F3N2O2. The molecule has 1 heterocycles. The molecular weight excluding hydrogens is 285 g/mol. The summed E-state index contributed by atoms with van der Waals surface area (Å²) in [4.78, 5) is 16.6. The Labute approximate surface area is 120 Å². The van der Waals surface area contributed by atoms with Crippen molar-refractivity contribution in [3.63, 3.8) is 0 Å². The highest BCUT2D eigenvalue weighted by Gasteiger charge is 2.33. The van der Waals surface area contributed by atoms with Crippen molar-refractivity contribution >= 4 is 5.91 Å². The molecule has 4 nitrogen and oxygen atoms in total. The van der Waals surface area contributed by atoms with E-state index in [0.29, 0.717) is 12.0 Å². The molecule has 0 aromatic carbocycles. The van der Waals surface area contributed by atoms with Crippen molar-refractivity contribution in [2.24, 2.45) is 0 Å². The maximum absolute atomic E-state index is 12.5. The lowest BCUT2D eigenvalue weighted by Gasteiger charge is -2.23. The molecule has 1 rings (SSSR count). The number of aromatic nitrogens is 1. The fourth-order valence-corrected chi connectivity index (χ4v) is 1.69. The minimum atomic E-state index is -4.45. The van der Waals surface area contributed by atoms with Crippen LogP contribution >= 0.6 is 0 Å². The summed E-state index contributed by atoms with van der Waals surface area (Å²) in [6, 6.07) is 1.36. The van der Waals surface area contributed by atoms with Crippen LogP contribution in [-0.4, -0.2) is 46.8 Å². The average molecular weight is 300 g/mol. The van der Waals surface area contributed by atoms with Crippen LogP contribution in [0.1, 0.15) is 29.3 Å². The van der Waals surface area contributed by atoms with Gasteiger partial charge in [0.05, 0.1) is 5.56 Å². The van der Waals surface area contributed by atoms with Crippen LogP contribution < -0.4 is 0 Å². The summed E-state index contributed by atoms with van der Waals surface area (Å²) in [6.45, 7) is 0.0450. The van der Waals surface area contributed by atoms with Gasteiger partial charge in [0, 0.05) is 24.5 Å². The van der Waals surface area contributed by atoms with Crippen molar-refractivity contribution in [1.82, 2.24) is 9.88 Å². The third-order valence-corrected chi connectivity index (χ3v) is 2.45. The summed E-state index contributed by atoms with van der Waals surface area (Å²) >= 11 is 0. The summed E-state index contributed by atoms with van der Waals surface area (Å²) in [5.41, 5.74) is 0.399. The Kier molecular flexibility index (Phi) is 6.18. The van der Waals surface area contributed by atoms with E-state index in [1.165, 1.54) is 18.5 Å². The van der Waals surface area contributed by atoms with Gasteiger partial charge in [-0.15, -0.1) is 0 Å². The van der Waals surface area contributed by atoms with E-state index in [1.54, 1.807) is 6.92 Å². The quantitative estimate of drug-likeness (QED) is 0.863. The Balaban J connectivity index is 2.98. The van der Waals surface area contributed by atoms with Gasteiger partial charge in [-0.2, -0.15) is 13.2 Å². The minimum Gasteiger partial charge on any atom is -0.384 e. The van der Waals surface area contributed by atoms with Crippen LogP contribution in [0.4, 0.5) is 13.2 Å². The number of halogens is 3. The molecule has 1 N–H and O–H groups in total. The van der Waals surface area contributed by atoms with Crippen LogP contribution in [-0.2, 0) is 0 Å². The van der Waals surface area contributed by atoms with Gasteiger partial charge in [-0.05, 0) is 12.5 Å². The number of amides is 1. The van der Waals surface area contributed by atoms with E-state index in [9.17, 15) is 18.0 Å². The maximum Gasteiger partial charge on any atom is 0.406 e. The lowest BCUT2D eigenvalue weighted by atomic mass is 10.2. The molecule has 0 unspecified atom stereocenters. The van der Waals surface area contributed by atoms with Gasteiger partial charge in [0.1, 0.15) is 13.2 Å². The lowest BCUT2D eigenvalue weighted by Crippen LogP contribution is -2.39.